The van der Waals surface area contributed by atoms with Gasteiger partial charge in [-0.15, -0.1) is 0 Å². The van der Waals surface area contributed by atoms with E-state index in [0.29, 0.717) is 0 Å². The predicted molar refractivity (Wildman–Crippen MR) is 48.6 cm³/mol. The summed E-state index contributed by atoms with van der Waals surface area (Å²) < 4.78 is 4.89. The highest BCUT2D eigenvalue weighted by Gasteiger charge is 1.83. The Morgan fingerprint density at radius 3 is 2.27 bits per heavy atom. The SMILES string of the molecule is CCCCCCOC.O=CCl. The molecule has 0 saturated carbocycles. The third-order valence-corrected chi connectivity index (χ3v) is 1.20. The van der Waals surface area contributed by atoms with Gasteiger partial charge >= 0.3 is 0 Å². The largest absolute Gasteiger partial charge is 0.385 e. The number of halogens is 1. The molecular formula is C8H17ClO2. The molecule has 0 saturated heterocycles. The molecule has 0 aromatic carbocycles. The van der Waals surface area contributed by atoms with Crippen molar-refractivity contribution in [2.45, 2.75) is 32.6 Å². The van der Waals surface area contributed by atoms with E-state index in [4.69, 9.17) is 9.53 Å². The van der Waals surface area contributed by atoms with Crippen molar-refractivity contribution in [1.82, 2.24) is 0 Å². The molecule has 0 aliphatic carbocycles. The van der Waals surface area contributed by atoms with E-state index in [1.165, 1.54) is 25.7 Å². The predicted octanol–water partition coefficient (Wildman–Crippen LogP) is 2.63. The maximum absolute atomic E-state index is 8.57. The Hall–Kier alpha value is -0.0800. The van der Waals surface area contributed by atoms with Crippen LogP contribution in [-0.4, -0.2) is 19.5 Å². The number of methoxy groups -OCH3 is 1. The van der Waals surface area contributed by atoms with Gasteiger partial charge in [-0.05, 0) is 18.0 Å². The van der Waals surface area contributed by atoms with Crippen molar-refractivity contribution in [2.24, 2.45) is 0 Å². The molecule has 0 unspecified atom stereocenters. The summed E-state index contributed by atoms with van der Waals surface area (Å²) in [5.74, 6) is 0.222. The number of rotatable bonds is 5. The molecule has 0 aliphatic rings. The van der Waals surface area contributed by atoms with Crippen molar-refractivity contribution < 1.29 is 9.53 Å². The van der Waals surface area contributed by atoms with Gasteiger partial charge in [0.2, 0.25) is 5.75 Å². The maximum atomic E-state index is 8.57. The van der Waals surface area contributed by atoms with Gasteiger partial charge in [-0.3, -0.25) is 4.79 Å². The van der Waals surface area contributed by atoms with Crippen LogP contribution in [0.2, 0.25) is 0 Å². The van der Waals surface area contributed by atoms with Gasteiger partial charge in [0, 0.05) is 13.7 Å². The molecule has 0 bridgehead atoms. The molecule has 0 fully saturated rings. The zero-order valence-electron chi connectivity index (χ0n) is 7.31. The summed E-state index contributed by atoms with van der Waals surface area (Å²) in [6.07, 6.45) is 5.21. The van der Waals surface area contributed by atoms with Gasteiger partial charge in [0.05, 0.1) is 0 Å². The minimum Gasteiger partial charge on any atom is -0.385 e. The van der Waals surface area contributed by atoms with E-state index in [2.05, 4.69) is 18.5 Å². The summed E-state index contributed by atoms with van der Waals surface area (Å²) in [5.41, 5.74) is 0. The highest BCUT2D eigenvalue weighted by molar-refractivity contribution is 6.54. The fourth-order valence-corrected chi connectivity index (χ4v) is 0.673. The summed E-state index contributed by atoms with van der Waals surface area (Å²) in [7, 11) is 1.76. The van der Waals surface area contributed by atoms with E-state index >= 15 is 0 Å². The monoisotopic (exact) mass is 180 g/mol. The van der Waals surface area contributed by atoms with Gasteiger partial charge in [0.25, 0.3) is 0 Å². The second kappa shape index (κ2) is 16.5. The molecular weight excluding hydrogens is 164 g/mol. The van der Waals surface area contributed by atoms with Crippen molar-refractivity contribution in [1.29, 1.82) is 0 Å². The molecule has 11 heavy (non-hydrogen) atoms. The standard InChI is InChI=1S/C7H16O.CHClO/c1-3-4-5-6-7-8-2;2-1-3/h3-7H2,1-2H3;1H. The Labute approximate surface area is 73.9 Å². The first-order valence-corrected chi connectivity index (χ1v) is 4.29. The van der Waals surface area contributed by atoms with E-state index in [0.717, 1.165) is 6.61 Å². The fraction of sp³-hybridized carbons (Fsp3) is 0.875. The van der Waals surface area contributed by atoms with E-state index in [9.17, 15) is 0 Å². The van der Waals surface area contributed by atoms with Gasteiger partial charge in [-0.1, -0.05) is 26.2 Å². The molecule has 0 aliphatic heterocycles. The number of carbonyl (C=O) groups excluding carboxylic acids is 1. The average Bonchev–Trinajstić information content (AvgIpc) is 2.00. The van der Waals surface area contributed by atoms with Crippen molar-refractivity contribution in [3.63, 3.8) is 0 Å². The number of ether oxygens (including phenoxy) is 1. The van der Waals surface area contributed by atoms with E-state index < -0.39 is 0 Å². The number of hydrogen-bond acceptors (Lipinski definition) is 2. The van der Waals surface area contributed by atoms with Crippen LogP contribution in [0.25, 0.3) is 0 Å². The van der Waals surface area contributed by atoms with Crippen molar-refractivity contribution in [3.05, 3.63) is 0 Å². The Morgan fingerprint density at radius 2 is 1.91 bits per heavy atom. The van der Waals surface area contributed by atoms with Gasteiger partial charge in [0.15, 0.2) is 0 Å². The molecule has 0 heterocycles. The summed E-state index contributed by atoms with van der Waals surface area (Å²) in [4.78, 5) is 8.57. The van der Waals surface area contributed by atoms with Crippen LogP contribution in [0.3, 0.4) is 0 Å². The molecule has 0 spiro atoms. The lowest BCUT2D eigenvalue weighted by atomic mass is 10.2. The lowest BCUT2D eigenvalue weighted by molar-refractivity contribution is 0.192. The molecule has 0 atom stereocenters. The molecule has 0 radical (unpaired) electrons. The number of carbonyl (C=O) groups is 1. The van der Waals surface area contributed by atoms with Crippen molar-refractivity contribution >= 4 is 17.3 Å². The zero-order valence-corrected chi connectivity index (χ0v) is 8.06. The van der Waals surface area contributed by atoms with E-state index in [-0.39, 0.29) is 5.75 Å². The molecule has 2 nitrogen and oxygen atoms in total. The molecule has 0 aromatic heterocycles. The van der Waals surface area contributed by atoms with E-state index in [1.54, 1.807) is 7.11 Å². The van der Waals surface area contributed by atoms with Gasteiger partial charge in [-0.2, -0.15) is 0 Å². The van der Waals surface area contributed by atoms with E-state index in [1.807, 2.05) is 0 Å². The third-order valence-electron chi connectivity index (χ3n) is 1.20. The van der Waals surface area contributed by atoms with Gasteiger partial charge in [0.1, 0.15) is 0 Å². The first kappa shape index (κ1) is 13.5. The normalized spacial score (nSPS) is 8.27. The molecule has 0 amide bonds. The summed E-state index contributed by atoms with van der Waals surface area (Å²) in [5, 5.41) is 0. The molecule has 0 rings (SSSR count). The topological polar surface area (TPSA) is 26.3 Å². The highest BCUT2D eigenvalue weighted by Crippen LogP contribution is 1.97. The summed E-state index contributed by atoms with van der Waals surface area (Å²) in [6.45, 7) is 3.15. The zero-order chi connectivity index (χ0) is 8.95. The second-order valence-electron chi connectivity index (χ2n) is 2.14. The summed E-state index contributed by atoms with van der Waals surface area (Å²) >= 11 is 4.32. The number of hydrogen-bond donors (Lipinski definition) is 0. The molecule has 0 N–H and O–H groups in total. The second-order valence-corrected chi connectivity index (χ2v) is 2.32. The highest BCUT2D eigenvalue weighted by atomic mass is 35.5. The summed E-state index contributed by atoms with van der Waals surface area (Å²) in [6, 6.07) is 0. The van der Waals surface area contributed by atoms with Gasteiger partial charge in [-0.25, -0.2) is 0 Å². The van der Waals surface area contributed by atoms with Gasteiger partial charge < -0.3 is 4.74 Å². The first-order valence-electron chi connectivity index (χ1n) is 3.86. The third kappa shape index (κ3) is 25.7. The van der Waals surface area contributed by atoms with Crippen LogP contribution in [0.5, 0.6) is 0 Å². The lowest BCUT2D eigenvalue weighted by Gasteiger charge is -1.95. The van der Waals surface area contributed by atoms with Crippen LogP contribution >= 0.6 is 11.6 Å². The van der Waals surface area contributed by atoms with Crippen LogP contribution < -0.4 is 0 Å². The Kier molecular flexibility index (Phi) is 20.2. The molecule has 3 heteroatoms. The minimum absolute atomic E-state index is 0.222. The van der Waals surface area contributed by atoms with Crippen LogP contribution in [0.4, 0.5) is 0 Å². The van der Waals surface area contributed by atoms with Crippen molar-refractivity contribution in [3.8, 4) is 0 Å². The Bertz CT molecular complexity index is 61.1. The van der Waals surface area contributed by atoms with Crippen LogP contribution in [0.1, 0.15) is 32.6 Å². The lowest BCUT2D eigenvalue weighted by Crippen LogP contribution is -1.86. The van der Waals surface area contributed by atoms with Crippen LogP contribution in [0.15, 0.2) is 0 Å². The van der Waals surface area contributed by atoms with Crippen LogP contribution in [-0.2, 0) is 9.53 Å². The fourth-order valence-electron chi connectivity index (χ4n) is 0.673. The number of unbranched alkanes of at least 4 members (excludes halogenated alkanes) is 3. The smallest absolute Gasteiger partial charge is 0.208 e. The van der Waals surface area contributed by atoms with Crippen molar-refractivity contribution in [2.75, 3.05) is 13.7 Å². The minimum atomic E-state index is 0.222. The average molecular weight is 181 g/mol. The molecule has 68 valence electrons. The maximum Gasteiger partial charge on any atom is 0.208 e. The first-order chi connectivity index (χ1) is 5.33. The molecule has 0 aromatic rings. The van der Waals surface area contributed by atoms with Crippen LogP contribution in [0, 0.1) is 0 Å². The quantitative estimate of drug-likeness (QED) is 0.370. The Balaban J connectivity index is 0. The Morgan fingerprint density at radius 1 is 1.36 bits per heavy atom.